The summed E-state index contributed by atoms with van der Waals surface area (Å²) < 4.78 is 6.07. The fourth-order valence-corrected chi connectivity index (χ4v) is 4.08. The number of ether oxygens (including phenoxy) is 1. The van der Waals surface area contributed by atoms with Crippen LogP contribution in [0.5, 0.6) is 0 Å². The summed E-state index contributed by atoms with van der Waals surface area (Å²) in [7, 11) is 0. The molecule has 1 saturated carbocycles. The van der Waals surface area contributed by atoms with Crippen LogP contribution in [0.15, 0.2) is 60.7 Å². The van der Waals surface area contributed by atoms with E-state index in [1.54, 1.807) is 0 Å². The molecular weight excluding hydrogens is 294 g/mol. The van der Waals surface area contributed by atoms with Crippen molar-refractivity contribution in [2.75, 3.05) is 0 Å². The van der Waals surface area contributed by atoms with Crippen LogP contribution in [0, 0.1) is 0 Å². The van der Waals surface area contributed by atoms with Crippen molar-refractivity contribution in [2.45, 2.75) is 63.4 Å². The first-order chi connectivity index (χ1) is 11.9. The van der Waals surface area contributed by atoms with Crippen molar-refractivity contribution in [3.8, 4) is 0 Å². The number of rotatable bonds is 5. The topological polar surface area (TPSA) is 15.8 Å². The molecule has 2 aromatic rings. The van der Waals surface area contributed by atoms with Gasteiger partial charge in [0.05, 0.1) is 12.2 Å². The fourth-order valence-electron chi connectivity index (χ4n) is 4.08. The van der Waals surface area contributed by atoms with Gasteiger partial charge in [-0.3, -0.25) is 4.90 Å². The Labute approximate surface area is 145 Å². The Morgan fingerprint density at radius 2 is 1.33 bits per heavy atom. The number of benzene rings is 2. The van der Waals surface area contributed by atoms with E-state index in [4.69, 9.17) is 4.74 Å². The number of epoxide rings is 1. The first-order valence-corrected chi connectivity index (χ1v) is 9.37. The minimum atomic E-state index is 0.456. The van der Waals surface area contributed by atoms with E-state index in [0.29, 0.717) is 18.2 Å². The monoisotopic (exact) mass is 321 g/mol. The van der Waals surface area contributed by atoms with Crippen molar-refractivity contribution in [3.63, 3.8) is 0 Å². The van der Waals surface area contributed by atoms with E-state index in [1.807, 2.05) is 0 Å². The fraction of sp³-hybridized carbons (Fsp3) is 0.455. The Bertz CT molecular complexity index is 585. The molecule has 2 nitrogen and oxygen atoms in total. The Morgan fingerprint density at radius 3 is 1.96 bits per heavy atom. The number of hydrogen-bond donors (Lipinski definition) is 0. The highest BCUT2D eigenvalue weighted by atomic mass is 16.6. The van der Waals surface area contributed by atoms with Crippen molar-refractivity contribution >= 4 is 0 Å². The summed E-state index contributed by atoms with van der Waals surface area (Å²) in [5.74, 6) is 0. The van der Waals surface area contributed by atoms with Gasteiger partial charge in [0.15, 0.2) is 0 Å². The lowest BCUT2D eigenvalue weighted by Gasteiger charge is -2.32. The van der Waals surface area contributed by atoms with Crippen LogP contribution in [0.1, 0.15) is 43.2 Å². The van der Waals surface area contributed by atoms with E-state index in [-0.39, 0.29) is 0 Å². The normalized spacial score (nSPS) is 26.5. The zero-order valence-corrected chi connectivity index (χ0v) is 14.3. The average molecular weight is 321 g/mol. The van der Waals surface area contributed by atoms with Crippen LogP contribution in [0.2, 0.25) is 0 Å². The molecule has 0 aromatic heterocycles. The molecule has 0 bridgehead atoms. The molecule has 2 fully saturated rings. The Hall–Kier alpha value is -1.64. The molecule has 2 aliphatic rings. The standard InChI is InChI=1S/C22H27NO/c1-4-10-18(11-5-1)16-23(17-19-12-6-2-7-13-19)20-14-8-3-9-15-21-22(20)24-21/h1-2,4-7,10-13,20-22H,3,8-9,14-17H2/t20-,21-,22+/m1/s1. The predicted octanol–water partition coefficient (Wildman–Crippen LogP) is 4.79. The lowest BCUT2D eigenvalue weighted by atomic mass is 9.94. The van der Waals surface area contributed by atoms with E-state index in [0.717, 1.165) is 13.1 Å². The Morgan fingerprint density at radius 1 is 0.750 bits per heavy atom. The van der Waals surface area contributed by atoms with E-state index >= 15 is 0 Å². The highest BCUT2D eigenvalue weighted by Crippen LogP contribution is 2.37. The third kappa shape index (κ3) is 3.88. The molecule has 0 radical (unpaired) electrons. The minimum Gasteiger partial charge on any atom is -0.368 e. The molecular formula is C22H27NO. The van der Waals surface area contributed by atoms with Crippen molar-refractivity contribution in [1.29, 1.82) is 0 Å². The van der Waals surface area contributed by atoms with Crippen LogP contribution in [0.3, 0.4) is 0 Å². The molecule has 4 rings (SSSR count). The van der Waals surface area contributed by atoms with E-state index in [2.05, 4.69) is 65.6 Å². The molecule has 0 spiro atoms. The second-order valence-corrected chi connectivity index (χ2v) is 7.22. The number of fused-ring (bicyclic) bond motifs is 1. The maximum Gasteiger partial charge on any atom is 0.0996 e. The molecule has 3 atom stereocenters. The first kappa shape index (κ1) is 15.9. The molecule has 1 heterocycles. The second kappa shape index (κ2) is 7.50. The summed E-state index contributed by atoms with van der Waals surface area (Å²) in [6, 6.07) is 22.3. The zero-order valence-electron chi connectivity index (χ0n) is 14.3. The summed E-state index contributed by atoms with van der Waals surface area (Å²) in [6.07, 6.45) is 7.52. The van der Waals surface area contributed by atoms with Gasteiger partial charge < -0.3 is 4.74 Å². The third-order valence-electron chi connectivity index (χ3n) is 5.42. The quantitative estimate of drug-likeness (QED) is 0.736. The maximum atomic E-state index is 6.07. The van der Waals surface area contributed by atoms with Crippen molar-refractivity contribution < 1.29 is 4.74 Å². The van der Waals surface area contributed by atoms with Gasteiger partial charge in [0.2, 0.25) is 0 Å². The van der Waals surface area contributed by atoms with Crippen LogP contribution < -0.4 is 0 Å². The summed E-state index contributed by atoms with van der Waals surface area (Å²) in [6.45, 7) is 2.01. The molecule has 1 aliphatic carbocycles. The van der Waals surface area contributed by atoms with Gasteiger partial charge in [-0.05, 0) is 24.0 Å². The van der Waals surface area contributed by atoms with E-state index in [1.165, 1.54) is 43.2 Å². The van der Waals surface area contributed by atoms with Gasteiger partial charge in [0, 0.05) is 19.1 Å². The molecule has 1 saturated heterocycles. The van der Waals surface area contributed by atoms with Crippen molar-refractivity contribution in [1.82, 2.24) is 4.90 Å². The third-order valence-corrected chi connectivity index (χ3v) is 5.42. The molecule has 0 N–H and O–H groups in total. The summed E-state index contributed by atoms with van der Waals surface area (Å²) >= 11 is 0. The van der Waals surface area contributed by atoms with Gasteiger partial charge in [-0.15, -0.1) is 0 Å². The van der Waals surface area contributed by atoms with Gasteiger partial charge in [0.25, 0.3) is 0 Å². The smallest absolute Gasteiger partial charge is 0.0996 e. The first-order valence-electron chi connectivity index (χ1n) is 9.37. The van der Waals surface area contributed by atoms with E-state index < -0.39 is 0 Å². The largest absolute Gasteiger partial charge is 0.368 e. The highest BCUT2D eigenvalue weighted by Gasteiger charge is 2.46. The van der Waals surface area contributed by atoms with Crippen molar-refractivity contribution in [2.24, 2.45) is 0 Å². The van der Waals surface area contributed by atoms with Gasteiger partial charge in [-0.25, -0.2) is 0 Å². The summed E-state index contributed by atoms with van der Waals surface area (Å²) in [4.78, 5) is 2.65. The molecule has 0 unspecified atom stereocenters. The predicted molar refractivity (Wildman–Crippen MR) is 97.7 cm³/mol. The average Bonchev–Trinajstić information content (AvgIpc) is 3.35. The summed E-state index contributed by atoms with van der Waals surface area (Å²) in [5.41, 5.74) is 2.79. The second-order valence-electron chi connectivity index (χ2n) is 7.22. The zero-order chi connectivity index (χ0) is 16.2. The van der Waals surface area contributed by atoms with Crippen LogP contribution in [0.25, 0.3) is 0 Å². The minimum absolute atomic E-state index is 0.456. The maximum absolute atomic E-state index is 6.07. The Balaban J connectivity index is 1.54. The van der Waals surface area contributed by atoms with E-state index in [9.17, 15) is 0 Å². The van der Waals surface area contributed by atoms with Crippen LogP contribution in [-0.2, 0) is 17.8 Å². The lowest BCUT2D eigenvalue weighted by Crippen LogP contribution is -2.39. The number of hydrogen-bond acceptors (Lipinski definition) is 2. The van der Waals surface area contributed by atoms with Gasteiger partial charge in [0.1, 0.15) is 0 Å². The molecule has 126 valence electrons. The van der Waals surface area contributed by atoms with Crippen molar-refractivity contribution in [3.05, 3.63) is 71.8 Å². The van der Waals surface area contributed by atoms with Gasteiger partial charge >= 0.3 is 0 Å². The molecule has 1 aliphatic heterocycles. The number of nitrogens with zero attached hydrogens (tertiary/aromatic N) is 1. The molecule has 2 heteroatoms. The molecule has 2 aromatic carbocycles. The van der Waals surface area contributed by atoms with Crippen LogP contribution in [-0.4, -0.2) is 23.1 Å². The summed E-state index contributed by atoms with van der Waals surface area (Å²) in [5, 5.41) is 0. The van der Waals surface area contributed by atoms with Gasteiger partial charge in [-0.2, -0.15) is 0 Å². The lowest BCUT2D eigenvalue weighted by molar-refractivity contribution is 0.134. The molecule has 0 amide bonds. The van der Waals surface area contributed by atoms with Crippen LogP contribution in [0.4, 0.5) is 0 Å². The Kier molecular flexibility index (Phi) is 4.96. The highest BCUT2D eigenvalue weighted by molar-refractivity contribution is 5.18. The molecule has 24 heavy (non-hydrogen) atoms. The van der Waals surface area contributed by atoms with Gasteiger partial charge in [-0.1, -0.05) is 79.9 Å². The SMILES string of the molecule is c1ccc(CN(Cc2ccccc2)[C@@H]2CCCCC[C@H]3O[C@@H]23)cc1. The van der Waals surface area contributed by atoms with Crippen LogP contribution >= 0.6 is 0 Å².